The van der Waals surface area contributed by atoms with E-state index in [1.54, 1.807) is 33.3 Å². The quantitative estimate of drug-likeness (QED) is 0.853. The fourth-order valence-corrected chi connectivity index (χ4v) is 2.04. The van der Waals surface area contributed by atoms with E-state index in [1.165, 1.54) is 0 Å². The number of ether oxygens (including phenoxy) is 3. The van der Waals surface area contributed by atoms with Crippen LogP contribution in [-0.4, -0.2) is 26.2 Å². The van der Waals surface area contributed by atoms with E-state index in [0.29, 0.717) is 18.0 Å². The molecule has 0 fully saturated rings. The predicted molar refractivity (Wildman–Crippen MR) is 87.9 cm³/mol. The van der Waals surface area contributed by atoms with Crippen LogP contribution in [0.1, 0.15) is 12.5 Å². The minimum absolute atomic E-state index is 0.188. The SMILES string of the molecule is COc1ccc(CNC(=O)[C@H](C)Oc2ccccc2OC)cc1. The molecule has 0 aromatic heterocycles. The Morgan fingerprint density at radius 3 is 2.26 bits per heavy atom. The fourth-order valence-electron chi connectivity index (χ4n) is 2.04. The highest BCUT2D eigenvalue weighted by Crippen LogP contribution is 2.26. The summed E-state index contributed by atoms with van der Waals surface area (Å²) in [5.74, 6) is 1.74. The van der Waals surface area contributed by atoms with Gasteiger partial charge in [0.2, 0.25) is 0 Å². The lowest BCUT2D eigenvalue weighted by Crippen LogP contribution is -2.35. The van der Waals surface area contributed by atoms with Crippen molar-refractivity contribution in [3.63, 3.8) is 0 Å². The molecule has 1 amide bonds. The first-order valence-electron chi connectivity index (χ1n) is 7.34. The first-order chi connectivity index (χ1) is 11.1. The van der Waals surface area contributed by atoms with Gasteiger partial charge in [-0.05, 0) is 36.8 Å². The molecule has 0 heterocycles. The van der Waals surface area contributed by atoms with Gasteiger partial charge < -0.3 is 19.5 Å². The highest BCUT2D eigenvalue weighted by Gasteiger charge is 2.16. The second-order valence-electron chi connectivity index (χ2n) is 4.98. The van der Waals surface area contributed by atoms with Crippen LogP contribution in [0.5, 0.6) is 17.2 Å². The molecule has 0 aliphatic heterocycles. The molecule has 2 aromatic rings. The Hall–Kier alpha value is -2.69. The standard InChI is InChI=1S/C18H21NO4/c1-13(23-17-7-5-4-6-16(17)22-3)18(20)19-12-14-8-10-15(21-2)11-9-14/h4-11,13H,12H2,1-3H3,(H,19,20)/t13-/m0/s1. The van der Waals surface area contributed by atoms with Crippen molar-refractivity contribution in [3.8, 4) is 17.2 Å². The van der Waals surface area contributed by atoms with Crippen molar-refractivity contribution in [2.75, 3.05) is 14.2 Å². The molecule has 5 nitrogen and oxygen atoms in total. The molecule has 0 spiro atoms. The zero-order valence-corrected chi connectivity index (χ0v) is 13.5. The van der Waals surface area contributed by atoms with Gasteiger partial charge in [0.05, 0.1) is 14.2 Å². The number of carbonyl (C=O) groups is 1. The molecule has 0 saturated heterocycles. The molecule has 0 radical (unpaired) electrons. The predicted octanol–water partition coefficient (Wildman–Crippen LogP) is 2.79. The van der Waals surface area contributed by atoms with Gasteiger partial charge in [-0.25, -0.2) is 0 Å². The summed E-state index contributed by atoms with van der Waals surface area (Å²) in [4.78, 5) is 12.1. The van der Waals surface area contributed by atoms with Crippen LogP contribution in [0.4, 0.5) is 0 Å². The summed E-state index contributed by atoms with van der Waals surface area (Å²) in [6.07, 6.45) is -0.621. The largest absolute Gasteiger partial charge is 0.497 e. The maximum absolute atomic E-state index is 12.1. The van der Waals surface area contributed by atoms with Gasteiger partial charge in [0.15, 0.2) is 17.6 Å². The van der Waals surface area contributed by atoms with Crippen molar-refractivity contribution in [2.45, 2.75) is 19.6 Å². The van der Waals surface area contributed by atoms with E-state index in [0.717, 1.165) is 11.3 Å². The van der Waals surface area contributed by atoms with E-state index in [9.17, 15) is 4.79 Å². The molecule has 2 aromatic carbocycles. The Kier molecular flexibility index (Phi) is 5.86. The topological polar surface area (TPSA) is 56.8 Å². The van der Waals surface area contributed by atoms with Gasteiger partial charge in [0.25, 0.3) is 5.91 Å². The Labute approximate surface area is 136 Å². The van der Waals surface area contributed by atoms with Crippen LogP contribution in [0.3, 0.4) is 0 Å². The van der Waals surface area contributed by atoms with E-state index in [1.807, 2.05) is 36.4 Å². The minimum atomic E-state index is -0.621. The highest BCUT2D eigenvalue weighted by atomic mass is 16.5. The van der Waals surface area contributed by atoms with Crippen LogP contribution < -0.4 is 19.5 Å². The maximum atomic E-state index is 12.1. The zero-order valence-electron chi connectivity index (χ0n) is 13.5. The average Bonchev–Trinajstić information content (AvgIpc) is 2.60. The third-order valence-electron chi connectivity index (χ3n) is 3.37. The smallest absolute Gasteiger partial charge is 0.261 e. The Morgan fingerprint density at radius 2 is 1.65 bits per heavy atom. The van der Waals surface area contributed by atoms with Crippen LogP contribution >= 0.6 is 0 Å². The highest BCUT2D eigenvalue weighted by molar-refractivity contribution is 5.80. The van der Waals surface area contributed by atoms with Gasteiger partial charge in [0, 0.05) is 6.54 Å². The van der Waals surface area contributed by atoms with E-state index in [-0.39, 0.29) is 5.91 Å². The molecule has 1 atom stereocenters. The van der Waals surface area contributed by atoms with E-state index in [4.69, 9.17) is 14.2 Å². The second-order valence-corrected chi connectivity index (χ2v) is 4.98. The molecule has 1 N–H and O–H groups in total. The van der Waals surface area contributed by atoms with Crippen molar-refractivity contribution in [2.24, 2.45) is 0 Å². The summed E-state index contributed by atoms with van der Waals surface area (Å²) in [5, 5.41) is 2.85. The van der Waals surface area contributed by atoms with Gasteiger partial charge in [-0.15, -0.1) is 0 Å². The normalized spacial score (nSPS) is 11.4. The van der Waals surface area contributed by atoms with E-state index < -0.39 is 6.10 Å². The molecule has 122 valence electrons. The number of nitrogens with one attached hydrogen (secondary N) is 1. The molecule has 2 rings (SSSR count). The average molecular weight is 315 g/mol. The van der Waals surface area contributed by atoms with Crippen LogP contribution in [0.2, 0.25) is 0 Å². The fraction of sp³-hybridized carbons (Fsp3) is 0.278. The van der Waals surface area contributed by atoms with Gasteiger partial charge in [-0.3, -0.25) is 4.79 Å². The zero-order chi connectivity index (χ0) is 16.7. The number of rotatable bonds is 7. The van der Waals surface area contributed by atoms with Gasteiger partial charge in [-0.1, -0.05) is 24.3 Å². The van der Waals surface area contributed by atoms with Crippen LogP contribution in [-0.2, 0) is 11.3 Å². The van der Waals surface area contributed by atoms with Crippen LogP contribution in [0, 0.1) is 0 Å². The number of para-hydroxylation sites is 2. The number of amides is 1. The first kappa shape index (κ1) is 16.7. The Morgan fingerprint density at radius 1 is 1.00 bits per heavy atom. The van der Waals surface area contributed by atoms with Crippen molar-refractivity contribution < 1.29 is 19.0 Å². The lowest BCUT2D eigenvalue weighted by molar-refractivity contribution is -0.127. The van der Waals surface area contributed by atoms with Gasteiger partial charge >= 0.3 is 0 Å². The number of methoxy groups -OCH3 is 2. The van der Waals surface area contributed by atoms with Crippen molar-refractivity contribution >= 4 is 5.91 Å². The summed E-state index contributed by atoms with van der Waals surface area (Å²) in [6.45, 7) is 2.14. The molecule has 0 saturated carbocycles. The number of carbonyl (C=O) groups excluding carboxylic acids is 1. The Bertz CT molecular complexity index is 640. The summed E-state index contributed by atoms with van der Waals surface area (Å²) in [7, 11) is 3.18. The first-order valence-corrected chi connectivity index (χ1v) is 7.34. The lowest BCUT2D eigenvalue weighted by Gasteiger charge is -2.16. The molecule has 23 heavy (non-hydrogen) atoms. The van der Waals surface area contributed by atoms with E-state index >= 15 is 0 Å². The maximum Gasteiger partial charge on any atom is 0.261 e. The molecule has 0 aliphatic carbocycles. The monoisotopic (exact) mass is 315 g/mol. The minimum Gasteiger partial charge on any atom is -0.497 e. The molecular weight excluding hydrogens is 294 g/mol. The summed E-state index contributed by atoms with van der Waals surface area (Å²) in [5.41, 5.74) is 0.989. The van der Waals surface area contributed by atoms with E-state index in [2.05, 4.69) is 5.32 Å². The summed E-state index contributed by atoms with van der Waals surface area (Å²) in [6, 6.07) is 14.8. The molecule has 0 unspecified atom stereocenters. The van der Waals surface area contributed by atoms with Crippen molar-refractivity contribution in [1.82, 2.24) is 5.32 Å². The number of hydrogen-bond acceptors (Lipinski definition) is 4. The third kappa shape index (κ3) is 4.64. The summed E-state index contributed by atoms with van der Waals surface area (Å²) >= 11 is 0. The summed E-state index contributed by atoms with van der Waals surface area (Å²) < 4.78 is 16.0. The molecule has 5 heteroatoms. The molecule has 0 bridgehead atoms. The van der Waals surface area contributed by atoms with Crippen LogP contribution in [0.25, 0.3) is 0 Å². The second kappa shape index (κ2) is 8.08. The molecule has 0 aliphatic rings. The third-order valence-corrected chi connectivity index (χ3v) is 3.37. The Balaban J connectivity index is 1.89. The molecular formula is C18H21NO4. The van der Waals surface area contributed by atoms with Crippen molar-refractivity contribution in [3.05, 3.63) is 54.1 Å². The van der Waals surface area contributed by atoms with Gasteiger partial charge in [0.1, 0.15) is 5.75 Å². The van der Waals surface area contributed by atoms with Gasteiger partial charge in [-0.2, -0.15) is 0 Å². The number of benzene rings is 2. The number of hydrogen-bond donors (Lipinski definition) is 1. The van der Waals surface area contributed by atoms with Crippen LogP contribution in [0.15, 0.2) is 48.5 Å². The lowest BCUT2D eigenvalue weighted by atomic mass is 10.2. The van der Waals surface area contributed by atoms with Crippen molar-refractivity contribution in [1.29, 1.82) is 0 Å².